The lowest BCUT2D eigenvalue weighted by atomic mass is 9.85. The monoisotopic (exact) mass is 622 g/mol. The van der Waals surface area contributed by atoms with Crippen molar-refractivity contribution in [2.24, 2.45) is 0 Å². The van der Waals surface area contributed by atoms with Crippen molar-refractivity contribution in [3.05, 3.63) is 157 Å². The maximum atomic E-state index is 5.21. The minimum absolute atomic E-state index is 0.0426. The predicted octanol–water partition coefficient (Wildman–Crippen LogP) is 12.5. The first-order valence-corrected chi connectivity index (χ1v) is 16.9. The lowest BCUT2D eigenvalue weighted by Crippen LogP contribution is -2.10. The minimum atomic E-state index is 0.0426. The first-order chi connectivity index (χ1) is 22.9. The van der Waals surface area contributed by atoms with Gasteiger partial charge in [-0.25, -0.2) is 9.97 Å². The third-order valence-corrected chi connectivity index (χ3v) is 10.1. The zero-order valence-electron chi connectivity index (χ0n) is 26.7. The molecule has 0 bridgehead atoms. The van der Waals surface area contributed by atoms with E-state index in [0.29, 0.717) is 0 Å². The summed E-state index contributed by atoms with van der Waals surface area (Å²) in [7, 11) is 0. The Morgan fingerprint density at radius 2 is 1.04 bits per heavy atom. The maximum Gasteiger partial charge on any atom is 0.160 e. The molecule has 0 aliphatic rings. The second-order valence-corrected chi connectivity index (χ2v) is 14.2. The average Bonchev–Trinajstić information content (AvgIpc) is 3.51. The van der Waals surface area contributed by atoms with Gasteiger partial charge >= 0.3 is 0 Å². The number of thiophene rings is 1. The summed E-state index contributed by atoms with van der Waals surface area (Å²) in [6, 6.07) is 54.1. The second kappa shape index (κ2) is 11.8. The van der Waals surface area contributed by atoms with Gasteiger partial charge in [0.1, 0.15) is 0 Å². The highest BCUT2D eigenvalue weighted by molar-refractivity contribution is 7.26. The highest BCUT2D eigenvalue weighted by Crippen LogP contribution is 2.42. The second-order valence-electron chi connectivity index (χ2n) is 13.1. The minimum Gasteiger partial charge on any atom is -0.228 e. The first kappa shape index (κ1) is 29.1. The summed E-state index contributed by atoms with van der Waals surface area (Å²) < 4.78 is 2.61. The molecule has 2 heterocycles. The van der Waals surface area contributed by atoms with E-state index in [2.05, 4.69) is 148 Å². The Morgan fingerprint density at radius 3 is 1.81 bits per heavy atom. The number of rotatable bonds is 5. The van der Waals surface area contributed by atoms with Gasteiger partial charge in [-0.05, 0) is 63.6 Å². The summed E-state index contributed by atoms with van der Waals surface area (Å²) in [6.45, 7) is 6.81. The van der Waals surface area contributed by atoms with Crippen molar-refractivity contribution in [3.63, 3.8) is 0 Å². The van der Waals surface area contributed by atoms with Crippen LogP contribution in [0.2, 0.25) is 0 Å². The molecular formula is C44H34N2S. The molecule has 0 unspecified atom stereocenters. The fraction of sp³-hybridized carbons (Fsp3) is 0.0909. The smallest absolute Gasteiger partial charge is 0.160 e. The Labute approximate surface area is 280 Å². The third kappa shape index (κ3) is 5.64. The van der Waals surface area contributed by atoms with Crippen LogP contribution in [-0.2, 0) is 5.41 Å². The van der Waals surface area contributed by atoms with Gasteiger partial charge in [-0.2, -0.15) is 0 Å². The molecule has 0 atom stereocenters. The first-order valence-electron chi connectivity index (χ1n) is 16.1. The van der Waals surface area contributed by atoms with Crippen molar-refractivity contribution in [1.29, 1.82) is 0 Å². The molecule has 226 valence electrons. The van der Waals surface area contributed by atoms with E-state index >= 15 is 0 Å². The molecule has 0 aliphatic carbocycles. The molecule has 2 aromatic heterocycles. The van der Waals surface area contributed by atoms with Crippen LogP contribution in [0.5, 0.6) is 0 Å². The lowest BCUT2D eigenvalue weighted by molar-refractivity contribution is 0.590. The number of benzene rings is 6. The van der Waals surface area contributed by atoms with Gasteiger partial charge in [0.05, 0.1) is 11.4 Å². The van der Waals surface area contributed by atoms with Crippen LogP contribution in [0.25, 0.3) is 76.3 Å². The van der Waals surface area contributed by atoms with Crippen molar-refractivity contribution >= 4 is 31.5 Å². The summed E-state index contributed by atoms with van der Waals surface area (Å²) in [5, 5.41) is 2.60. The van der Waals surface area contributed by atoms with E-state index in [0.717, 1.165) is 33.9 Å². The number of hydrogen-bond donors (Lipinski definition) is 0. The summed E-state index contributed by atoms with van der Waals surface area (Å²) in [4.78, 5) is 10.3. The molecule has 0 spiro atoms. The highest BCUT2D eigenvalue weighted by Gasteiger charge is 2.18. The molecule has 2 nitrogen and oxygen atoms in total. The maximum absolute atomic E-state index is 5.21. The van der Waals surface area contributed by atoms with Crippen LogP contribution < -0.4 is 0 Å². The van der Waals surface area contributed by atoms with Crippen molar-refractivity contribution in [1.82, 2.24) is 9.97 Å². The van der Waals surface area contributed by atoms with Gasteiger partial charge in [0.2, 0.25) is 0 Å². The summed E-state index contributed by atoms with van der Waals surface area (Å²) in [5.41, 5.74) is 11.1. The molecule has 0 saturated carbocycles. The zero-order chi connectivity index (χ0) is 32.0. The Balaban J connectivity index is 1.39. The van der Waals surface area contributed by atoms with Crippen molar-refractivity contribution in [2.75, 3.05) is 0 Å². The van der Waals surface area contributed by atoms with Crippen molar-refractivity contribution in [3.8, 4) is 56.2 Å². The summed E-state index contributed by atoms with van der Waals surface area (Å²) >= 11 is 1.87. The molecule has 0 N–H and O–H groups in total. The van der Waals surface area contributed by atoms with E-state index in [9.17, 15) is 0 Å². The fourth-order valence-electron chi connectivity index (χ4n) is 6.31. The van der Waals surface area contributed by atoms with Gasteiger partial charge in [0, 0.05) is 36.9 Å². The lowest BCUT2D eigenvalue weighted by Gasteiger charge is -2.20. The van der Waals surface area contributed by atoms with Crippen LogP contribution in [0.3, 0.4) is 0 Å². The van der Waals surface area contributed by atoms with Gasteiger partial charge in [0.25, 0.3) is 0 Å². The SMILES string of the molecule is CC(C)(C)c1cccc(-c2cc(-c3cc(-c4ccccc4)nc(-c4ccccc4)n3)cc(-c3cccc4c3sc3ccccc34)c2)c1. The summed E-state index contributed by atoms with van der Waals surface area (Å²) in [5.74, 6) is 0.718. The number of hydrogen-bond acceptors (Lipinski definition) is 3. The number of aromatic nitrogens is 2. The van der Waals surface area contributed by atoms with E-state index in [1.165, 1.54) is 48.0 Å². The molecule has 0 fully saturated rings. The molecule has 6 aromatic carbocycles. The van der Waals surface area contributed by atoms with Crippen molar-refractivity contribution in [2.45, 2.75) is 26.2 Å². The molecular weight excluding hydrogens is 589 g/mol. The quantitative estimate of drug-likeness (QED) is 0.191. The number of fused-ring (bicyclic) bond motifs is 3. The largest absolute Gasteiger partial charge is 0.228 e. The van der Waals surface area contributed by atoms with Gasteiger partial charge in [-0.3, -0.25) is 0 Å². The van der Waals surface area contributed by atoms with Gasteiger partial charge < -0.3 is 0 Å². The molecule has 3 heteroatoms. The number of nitrogens with zero attached hydrogens (tertiary/aromatic N) is 2. The topological polar surface area (TPSA) is 25.8 Å². The van der Waals surface area contributed by atoms with Crippen LogP contribution in [0.15, 0.2) is 152 Å². The average molecular weight is 623 g/mol. The van der Waals surface area contributed by atoms with Crippen LogP contribution in [0.1, 0.15) is 26.3 Å². The van der Waals surface area contributed by atoms with Gasteiger partial charge in [-0.1, -0.05) is 142 Å². The Kier molecular flexibility index (Phi) is 7.27. The summed E-state index contributed by atoms with van der Waals surface area (Å²) in [6.07, 6.45) is 0. The standard InChI is InChI=1S/C44H34N2S/c1-44(2,3)35-19-12-18-31(27-35)32-24-33(36-21-13-22-38-37-20-10-11-23-41(37)47-42(36)38)26-34(25-32)40-28-39(29-14-6-4-7-15-29)45-43(46-40)30-16-8-5-9-17-30/h4-28H,1-3H3. The molecule has 47 heavy (non-hydrogen) atoms. The fourth-order valence-corrected chi connectivity index (χ4v) is 7.54. The van der Waals surface area contributed by atoms with Gasteiger partial charge in [0.15, 0.2) is 5.82 Å². The van der Waals surface area contributed by atoms with Crippen LogP contribution in [0, 0.1) is 0 Å². The third-order valence-electron chi connectivity index (χ3n) is 8.83. The zero-order valence-corrected chi connectivity index (χ0v) is 27.6. The molecule has 0 saturated heterocycles. The van der Waals surface area contributed by atoms with Crippen LogP contribution in [0.4, 0.5) is 0 Å². The van der Waals surface area contributed by atoms with Crippen LogP contribution in [-0.4, -0.2) is 9.97 Å². The van der Waals surface area contributed by atoms with Gasteiger partial charge in [-0.15, -0.1) is 11.3 Å². The predicted molar refractivity (Wildman–Crippen MR) is 201 cm³/mol. The van der Waals surface area contributed by atoms with Crippen molar-refractivity contribution < 1.29 is 0 Å². The molecule has 8 aromatic rings. The Hall–Kier alpha value is -5.38. The van der Waals surface area contributed by atoms with E-state index in [1.54, 1.807) is 0 Å². The molecule has 0 radical (unpaired) electrons. The normalized spacial score (nSPS) is 11.7. The Bertz CT molecular complexity index is 2320. The molecule has 0 aliphatic heterocycles. The van der Waals surface area contributed by atoms with Crippen LogP contribution >= 0.6 is 11.3 Å². The molecule has 0 amide bonds. The molecule has 8 rings (SSSR count). The van der Waals surface area contributed by atoms with E-state index in [-0.39, 0.29) is 5.41 Å². The van der Waals surface area contributed by atoms with E-state index in [4.69, 9.17) is 9.97 Å². The van der Waals surface area contributed by atoms with E-state index in [1.807, 2.05) is 35.6 Å². The van der Waals surface area contributed by atoms with E-state index < -0.39 is 0 Å². The Morgan fingerprint density at radius 1 is 0.447 bits per heavy atom. The highest BCUT2D eigenvalue weighted by atomic mass is 32.1.